The first-order valence-corrected chi connectivity index (χ1v) is 12.1. The van der Waals surface area contributed by atoms with E-state index in [0.29, 0.717) is 5.92 Å². The van der Waals surface area contributed by atoms with Crippen LogP contribution < -0.4 is 5.32 Å². The Bertz CT molecular complexity index is 642. The minimum Gasteiger partial charge on any atom is -0.444 e. The van der Waals surface area contributed by atoms with Crippen LogP contribution in [0.3, 0.4) is 0 Å². The highest BCUT2D eigenvalue weighted by Crippen LogP contribution is 2.32. The van der Waals surface area contributed by atoms with Gasteiger partial charge in [-0.15, -0.1) is 0 Å². The van der Waals surface area contributed by atoms with Gasteiger partial charge in [-0.1, -0.05) is 0 Å². The molecule has 0 atom stereocenters. The van der Waals surface area contributed by atoms with Gasteiger partial charge in [-0.25, -0.2) is 9.79 Å². The molecule has 2 saturated heterocycles. The van der Waals surface area contributed by atoms with E-state index >= 15 is 0 Å². The standard InChI is InChI=1S/C23H41N5O3/c1-5-24-21(25-16-20(29)26-12-6-7-13-26)27-14-10-19(11-15-27)28(17-18-8-9-18)22(30)31-23(2,3)4/h18-19H,5-17H2,1-4H3,(H,24,25). The van der Waals surface area contributed by atoms with Crippen molar-refractivity contribution >= 4 is 18.0 Å². The lowest BCUT2D eigenvalue weighted by atomic mass is 10.0. The maximum atomic E-state index is 12.9. The molecule has 8 nitrogen and oxygen atoms in total. The van der Waals surface area contributed by atoms with Crippen LogP contribution in [0.1, 0.15) is 66.2 Å². The highest BCUT2D eigenvalue weighted by Gasteiger charge is 2.35. The van der Waals surface area contributed by atoms with Crippen molar-refractivity contribution in [3.63, 3.8) is 0 Å². The fourth-order valence-corrected chi connectivity index (χ4v) is 4.30. The number of nitrogens with one attached hydrogen (secondary N) is 1. The number of piperidine rings is 1. The number of nitrogens with zero attached hydrogens (tertiary/aromatic N) is 4. The summed E-state index contributed by atoms with van der Waals surface area (Å²) in [7, 11) is 0. The first-order chi connectivity index (χ1) is 14.8. The van der Waals surface area contributed by atoms with Gasteiger partial charge in [0.25, 0.3) is 0 Å². The van der Waals surface area contributed by atoms with E-state index in [4.69, 9.17) is 4.74 Å². The second-order valence-corrected chi connectivity index (χ2v) is 10.1. The minimum atomic E-state index is -0.480. The predicted octanol–water partition coefficient (Wildman–Crippen LogP) is 2.69. The summed E-state index contributed by atoms with van der Waals surface area (Å²) in [6.07, 6.45) is 6.19. The Morgan fingerprint density at radius 1 is 1.03 bits per heavy atom. The molecule has 2 amide bonds. The van der Waals surface area contributed by atoms with Crippen molar-refractivity contribution in [3.05, 3.63) is 0 Å². The molecule has 3 fully saturated rings. The van der Waals surface area contributed by atoms with Crippen molar-refractivity contribution in [2.24, 2.45) is 10.9 Å². The third-order valence-electron chi connectivity index (χ3n) is 6.14. The van der Waals surface area contributed by atoms with Crippen LogP contribution in [0.2, 0.25) is 0 Å². The van der Waals surface area contributed by atoms with E-state index in [1.54, 1.807) is 0 Å². The summed E-state index contributed by atoms with van der Waals surface area (Å²) in [5.41, 5.74) is -0.480. The largest absolute Gasteiger partial charge is 0.444 e. The molecular formula is C23H41N5O3. The zero-order chi connectivity index (χ0) is 22.4. The SMILES string of the molecule is CCNC(=NCC(=O)N1CCCC1)N1CCC(N(CC2CC2)C(=O)OC(C)(C)C)CC1. The second kappa shape index (κ2) is 10.6. The summed E-state index contributed by atoms with van der Waals surface area (Å²) < 4.78 is 5.70. The molecular weight excluding hydrogens is 394 g/mol. The second-order valence-electron chi connectivity index (χ2n) is 10.1. The van der Waals surface area contributed by atoms with Gasteiger partial charge in [0, 0.05) is 45.3 Å². The van der Waals surface area contributed by atoms with Gasteiger partial charge in [0.1, 0.15) is 12.1 Å². The Morgan fingerprint density at radius 3 is 2.23 bits per heavy atom. The van der Waals surface area contributed by atoms with Gasteiger partial charge in [0.2, 0.25) is 5.91 Å². The molecule has 8 heteroatoms. The summed E-state index contributed by atoms with van der Waals surface area (Å²) in [4.78, 5) is 36.0. The van der Waals surface area contributed by atoms with Gasteiger partial charge < -0.3 is 24.8 Å². The van der Waals surface area contributed by atoms with Gasteiger partial charge in [-0.3, -0.25) is 4.79 Å². The number of hydrogen-bond acceptors (Lipinski definition) is 4. The van der Waals surface area contributed by atoms with Crippen LogP contribution in [0.5, 0.6) is 0 Å². The van der Waals surface area contributed by atoms with Gasteiger partial charge >= 0.3 is 6.09 Å². The van der Waals surface area contributed by atoms with E-state index < -0.39 is 5.60 Å². The lowest BCUT2D eigenvalue weighted by molar-refractivity contribution is -0.128. The molecule has 2 heterocycles. The Kier molecular flexibility index (Phi) is 8.06. The van der Waals surface area contributed by atoms with Crippen molar-refractivity contribution < 1.29 is 14.3 Å². The molecule has 0 aromatic rings. The summed E-state index contributed by atoms with van der Waals surface area (Å²) in [6, 6.07) is 0.195. The number of ether oxygens (including phenoxy) is 1. The van der Waals surface area contributed by atoms with E-state index in [-0.39, 0.29) is 24.6 Å². The van der Waals surface area contributed by atoms with Gasteiger partial charge in [-0.2, -0.15) is 0 Å². The lowest BCUT2D eigenvalue weighted by Crippen LogP contribution is -2.52. The van der Waals surface area contributed by atoms with Gasteiger partial charge in [0.15, 0.2) is 5.96 Å². The predicted molar refractivity (Wildman–Crippen MR) is 122 cm³/mol. The normalized spacial score (nSPS) is 20.7. The topological polar surface area (TPSA) is 77.5 Å². The quantitative estimate of drug-likeness (QED) is 0.513. The fraction of sp³-hybridized carbons (Fsp3) is 0.870. The number of carbonyl (C=O) groups is 2. The molecule has 0 radical (unpaired) electrons. The molecule has 3 aliphatic rings. The van der Waals surface area contributed by atoms with E-state index in [2.05, 4.69) is 15.2 Å². The van der Waals surface area contributed by atoms with Crippen molar-refractivity contribution in [1.82, 2.24) is 20.0 Å². The van der Waals surface area contributed by atoms with Crippen LogP contribution in [0, 0.1) is 5.92 Å². The molecule has 2 aliphatic heterocycles. The highest BCUT2D eigenvalue weighted by molar-refractivity contribution is 5.85. The minimum absolute atomic E-state index is 0.114. The molecule has 1 aliphatic carbocycles. The molecule has 0 bridgehead atoms. The van der Waals surface area contributed by atoms with Crippen LogP contribution in [0.25, 0.3) is 0 Å². The van der Waals surface area contributed by atoms with Crippen LogP contribution in [-0.4, -0.2) is 90.1 Å². The number of carbonyl (C=O) groups excluding carboxylic acids is 2. The average molecular weight is 436 g/mol. The number of rotatable bonds is 6. The first-order valence-electron chi connectivity index (χ1n) is 12.1. The maximum Gasteiger partial charge on any atom is 0.410 e. The zero-order valence-corrected chi connectivity index (χ0v) is 19.9. The van der Waals surface area contributed by atoms with E-state index in [1.165, 1.54) is 12.8 Å². The number of likely N-dealkylation sites (tertiary alicyclic amines) is 2. The van der Waals surface area contributed by atoms with Crippen LogP contribution in [-0.2, 0) is 9.53 Å². The fourth-order valence-electron chi connectivity index (χ4n) is 4.30. The molecule has 1 N–H and O–H groups in total. The van der Waals surface area contributed by atoms with Crippen LogP contribution in [0.15, 0.2) is 4.99 Å². The van der Waals surface area contributed by atoms with Crippen molar-refractivity contribution in [1.29, 1.82) is 0 Å². The van der Waals surface area contributed by atoms with E-state index in [1.807, 2.05) is 37.5 Å². The number of aliphatic imine (C=N–C) groups is 1. The maximum absolute atomic E-state index is 12.9. The summed E-state index contributed by atoms with van der Waals surface area (Å²) >= 11 is 0. The van der Waals surface area contributed by atoms with Gasteiger partial charge in [-0.05, 0) is 72.1 Å². The van der Waals surface area contributed by atoms with Crippen molar-refractivity contribution in [2.45, 2.75) is 77.9 Å². The average Bonchev–Trinajstić information content (AvgIpc) is 3.37. The van der Waals surface area contributed by atoms with E-state index in [9.17, 15) is 9.59 Å². The molecule has 1 saturated carbocycles. The monoisotopic (exact) mass is 435 g/mol. The first kappa shape index (κ1) is 23.7. The van der Waals surface area contributed by atoms with Crippen molar-refractivity contribution in [2.75, 3.05) is 45.8 Å². The number of guanidine groups is 1. The van der Waals surface area contributed by atoms with Crippen LogP contribution >= 0.6 is 0 Å². The molecule has 0 spiro atoms. The number of hydrogen-bond donors (Lipinski definition) is 1. The zero-order valence-electron chi connectivity index (χ0n) is 19.9. The smallest absolute Gasteiger partial charge is 0.410 e. The summed E-state index contributed by atoms with van der Waals surface area (Å²) in [6.45, 7) is 12.9. The Balaban J connectivity index is 1.57. The third-order valence-corrected chi connectivity index (χ3v) is 6.14. The third kappa shape index (κ3) is 7.28. The van der Waals surface area contributed by atoms with Crippen LogP contribution in [0.4, 0.5) is 4.79 Å². The highest BCUT2D eigenvalue weighted by atomic mass is 16.6. The molecule has 0 unspecified atom stereocenters. The van der Waals surface area contributed by atoms with Crippen molar-refractivity contribution in [3.8, 4) is 0 Å². The molecule has 176 valence electrons. The Hall–Kier alpha value is -1.99. The Labute approximate surface area is 187 Å². The lowest BCUT2D eigenvalue weighted by Gasteiger charge is -2.40. The molecule has 31 heavy (non-hydrogen) atoms. The molecule has 0 aromatic carbocycles. The van der Waals surface area contributed by atoms with Gasteiger partial charge in [0.05, 0.1) is 0 Å². The van der Waals surface area contributed by atoms with E-state index in [0.717, 1.165) is 70.9 Å². The molecule has 0 aromatic heterocycles. The Morgan fingerprint density at radius 2 is 1.68 bits per heavy atom. The number of amides is 2. The summed E-state index contributed by atoms with van der Waals surface area (Å²) in [5, 5.41) is 3.34. The summed E-state index contributed by atoms with van der Waals surface area (Å²) in [5.74, 6) is 1.55. The molecule has 3 rings (SSSR count).